The number of hydrogen-bond acceptors (Lipinski definition) is 2. The highest BCUT2D eigenvalue weighted by Gasteiger charge is 2.14. The first kappa shape index (κ1) is 11.7. The molecular weight excluding hydrogens is 266 g/mol. The van der Waals surface area contributed by atoms with E-state index < -0.39 is 0 Å². The van der Waals surface area contributed by atoms with Gasteiger partial charge in [0, 0.05) is 9.86 Å². The summed E-state index contributed by atoms with van der Waals surface area (Å²) in [6.45, 7) is 7.11. The highest BCUT2D eigenvalue weighted by atomic mass is 79.9. The Bertz CT molecular complexity index is 543. The molecule has 0 saturated carbocycles. The summed E-state index contributed by atoms with van der Waals surface area (Å²) in [4.78, 5) is 0. The maximum Gasteiger partial charge on any atom is 0.135 e. The highest BCUT2D eigenvalue weighted by molar-refractivity contribution is 9.10. The fourth-order valence-electron chi connectivity index (χ4n) is 2.15. The lowest BCUT2D eigenvalue weighted by Gasteiger charge is -2.04. The van der Waals surface area contributed by atoms with Crippen LogP contribution in [0.1, 0.15) is 22.5 Å². The summed E-state index contributed by atoms with van der Waals surface area (Å²) in [7, 11) is 1.93. The number of furan rings is 1. The zero-order chi connectivity index (χ0) is 11.9. The van der Waals surface area contributed by atoms with Crippen LogP contribution in [0.5, 0.6) is 0 Å². The summed E-state index contributed by atoms with van der Waals surface area (Å²) in [5.41, 5.74) is 4.71. The van der Waals surface area contributed by atoms with Gasteiger partial charge in [0.1, 0.15) is 11.3 Å². The first-order chi connectivity index (χ1) is 7.56. The van der Waals surface area contributed by atoms with Crippen LogP contribution in [-0.2, 0) is 6.54 Å². The van der Waals surface area contributed by atoms with Crippen molar-refractivity contribution >= 4 is 26.9 Å². The fourth-order valence-corrected chi connectivity index (χ4v) is 2.46. The van der Waals surface area contributed by atoms with Gasteiger partial charge >= 0.3 is 0 Å². The average molecular weight is 282 g/mol. The third-order valence-electron chi connectivity index (χ3n) is 3.01. The number of rotatable bonds is 2. The molecule has 0 aliphatic rings. The molecule has 0 aliphatic heterocycles. The van der Waals surface area contributed by atoms with Crippen LogP contribution >= 0.6 is 15.9 Å². The van der Waals surface area contributed by atoms with Crippen LogP contribution in [0.2, 0.25) is 0 Å². The molecular formula is C13H16BrNO. The Balaban J connectivity index is 2.77. The van der Waals surface area contributed by atoms with Crippen molar-refractivity contribution in [2.45, 2.75) is 27.3 Å². The Morgan fingerprint density at radius 3 is 2.56 bits per heavy atom. The molecule has 1 heterocycles. The van der Waals surface area contributed by atoms with E-state index in [0.717, 1.165) is 17.9 Å². The second-order valence-corrected chi connectivity index (χ2v) is 4.98. The molecule has 0 aliphatic carbocycles. The first-order valence-corrected chi connectivity index (χ1v) is 6.17. The van der Waals surface area contributed by atoms with Crippen LogP contribution in [0, 0.1) is 20.8 Å². The van der Waals surface area contributed by atoms with Gasteiger partial charge in [0.15, 0.2) is 0 Å². The normalized spacial score (nSPS) is 11.3. The number of hydrogen-bond donors (Lipinski definition) is 1. The van der Waals surface area contributed by atoms with Crippen molar-refractivity contribution in [3.05, 3.63) is 33.0 Å². The van der Waals surface area contributed by atoms with Crippen LogP contribution in [0.3, 0.4) is 0 Å². The van der Waals surface area contributed by atoms with E-state index in [1.54, 1.807) is 0 Å². The summed E-state index contributed by atoms with van der Waals surface area (Å²) in [5.74, 6) is 1.03. The molecule has 0 saturated heterocycles. The van der Waals surface area contributed by atoms with Crippen molar-refractivity contribution in [1.82, 2.24) is 5.32 Å². The predicted molar refractivity (Wildman–Crippen MR) is 70.9 cm³/mol. The molecule has 0 amide bonds. The van der Waals surface area contributed by atoms with Crippen molar-refractivity contribution in [3.63, 3.8) is 0 Å². The lowest BCUT2D eigenvalue weighted by Crippen LogP contribution is -2.04. The number of benzene rings is 1. The van der Waals surface area contributed by atoms with Crippen LogP contribution in [0.15, 0.2) is 15.0 Å². The Kier molecular flexibility index (Phi) is 3.08. The average Bonchev–Trinajstić information content (AvgIpc) is 2.53. The summed E-state index contributed by atoms with van der Waals surface area (Å²) in [6, 6.07) is 2.10. The van der Waals surface area contributed by atoms with Gasteiger partial charge in [-0.25, -0.2) is 0 Å². The minimum atomic E-state index is 0.774. The smallest absolute Gasteiger partial charge is 0.135 e. The molecule has 0 atom stereocenters. The maximum absolute atomic E-state index is 5.87. The zero-order valence-electron chi connectivity index (χ0n) is 10.1. The van der Waals surface area contributed by atoms with Gasteiger partial charge in [-0.05, 0) is 50.6 Å². The van der Waals surface area contributed by atoms with Crippen LogP contribution < -0.4 is 5.32 Å². The topological polar surface area (TPSA) is 25.2 Å². The maximum atomic E-state index is 5.87. The molecule has 2 nitrogen and oxygen atoms in total. The Labute approximate surface area is 104 Å². The summed E-state index contributed by atoms with van der Waals surface area (Å²) in [6.07, 6.45) is 0. The van der Waals surface area contributed by atoms with Crippen LogP contribution in [-0.4, -0.2) is 7.05 Å². The molecule has 0 spiro atoms. The third-order valence-corrected chi connectivity index (χ3v) is 4.23. The Hall–Kier alpha value is -0.800. The second kappa shape index (κ2) is 4.22. The molecule has 2 aromatic rings. The number of aryl methyl sites for hydroxylation is 3. The predicted octanol–water partition coefficient (Wildman–Crippen LogP) is 3.84. The van der Waals surface area contributed by atoms with Gasteiger partial charge in [-0.1, -0.05) is 15.9 Å². The second-order valence-electron chi connectivity index (χ2n) is 4.19. The van der Waals surface area contributed by atoms with Gasteiger partial charge in [0.25, 0.3) is 0 Å². The Morgan fingerprint density at radius 2 is 1.94 bits per heavy atom. The van der Waals surface area contributed by atoms with E-state index in [2.05, 4.69) is 48.1 Å². The summed E-state index contributed by atoms with van der Waals surface area (Å²) >= 11 is 3.63. The van der Waals surface area contributed by atoms with E-state index in [9.17, 15) is 0 Å². The monoisotopic (exact) mass is 281 g/mol. The Morgan fingerprint density at radius 1 is 1.25 bits per heavy atom. The van der Waals surface area contributed by atoms with Gasteiger partial charge in [0.2, 0.25) is 0 Å². The van der Waals surface area contributed by atoms with E-state index in [4.69, 9.17) is 4.42 Å². The molecule has 1 aromatic heterocycles. The largest absolute Gasteiger partial charge is 0.459 e. The fraction of sp³-hybridized carbons (Fsp3) is 0.385. The highest BCUT2D eigenvalue weighted by Crippen LogP contribution is 2.34. The van der Waals surface area contributed by atoms with E-state index in [-0.39, 0.29) is 0 Å². The van der Waals surface area contributed by atoms with Crippen molar-refractivity contribution in [2.24, 2.45) is 0 Å². The van der Waals surface area contributed by atoms with Crippen molar-refractivity contribution in [1.29, 1.82) is 0 Å². The van der Waals surface area contributed by atoms with E-state index in [1.807, 2.05) is 7.05 Å². The van der Waals surface area contributed by atoms with Gasteiger partial charge in [-0.2, -0.15) is 0 Å². The molecule has 2 rings (SSSR count). The summed E-state index contributed by atoms with van der Waals surface area (Å²) in [5, 5.41) is 4.37. The van der Waals surface area contributed by atoms with E-state index in [0.29, 0.717) is 0 Å². The molecule has 16 heavy (non-hydrogen) atoms. The SMILES string of the molecule is CNCc1oc2cc(C)c(Br)c(C)c2c1C. The lowest BCUT2D eigenvalue weighted by molar-refractivity contribution is 0.527. The van der Waals surface area contributed by atoms with Crippen LogP contribution in [0.4, 0.5) is 0 Å². The molecule has 1 N–H and O–H groups in total. The molecule has 1 aromatic carbocycles. The molecule has 3 heteroatoms. The van der Waals surface area contributed by atoms with Gasteiger partial charge < -0.3 is 9.73 Å². The van der Waals surface area contributed by atoms with Crippen molar-refractivity contribution in [3.8, 4) is 0 Å². The lowest BCUT2D eigenvalue weighted by atomic mass is 10.0. The minimum absolute atomic E-state index is 0.774. The van der Waals surface area contributed by atoms with E-state index in [1.165, 1.54) is 26.5 Å². The molecule has 0 bridgehead atoms. The number of nitrogens with one attached hydrogen (secondary N) is 1. The molecule has 86 valence electrons. The van der Waals surface area contributed by atoms with Crippen LogP contribution in [0.25, 0.3) is 11.0 Å². The molecule has 0 unspecified atom stereocenters. The third kappa shape index (κ3) is 1.68. The molecule has 0 radical (unpaired) electrons. The number of halogens is 1. The van der Waals surface area contributed by atoms with Crippen molar-refractivity contribution < 1.29 is 4.42 Å². The summed E-state index contributed by atoms with van der Waals surface area (Å²) < 4.78 is 7.05. The quantitative estimate of drug-likeness (QED) is 0.905. The van der Waals surface area contributed by atoms with Crippen molar-refractivity contribution in [2.75, 3.05) is 7.05 Å². The van der Waals surface area contributed by atoms with Gasteiger partial charge in [-0.15, -0.1) is 0 Å². The standard InChI is InChI=1S/C13H16BrNO/c1-7-5-10-12(9(3)13(7)14)8(2)11(16-10)6-15-4/h5,15H,6H2,1-4H3. The minimum Gasteiger partial charge on any atom is -0.459 e. The van der Waals surface area contributed by atoms with E-state index >= 15 is 0 Å². The van der Waals surface area contributed by atoms with Gasteiger partial charge in [0.05, 0.1) is 6.54 Å². The molecule has 0 fully saturated rings. The first-order valence-electron chi connectivity index (χ1n) is 5.38. The zero-order valence-corrected chi connectivity index (χ0v) is 11.7. The van der Waals surface area contributed by atoms with Gasteiger partial charge in [-0.3, -0.25) is 0 Å². The number of fused-ring (bicyclic) bond motifs is 1.